The quantitative estimate of drug-likeness (QED) is 0.288. The summed E-state index contributed by atoms with van der Waals surface area (Å²) in [6, 6.07) is 22.2. The van der Waals surface area contributed by atoms with E-state index in [-0.39, 0.29) is 17.0 Å². The zero-order valence-corrected chi connectivity index (χ0v) is 23.1. The van der Waals surface area contributed by atoms with Crippen LogP contribution in [0.4, 0.5) is 5.69 Å². The van der Waals surface area contributed by atoms with Crippen LogP contribution in [0.3, 0.4) is 0 Å². The van der Waals surface area contributed by atoms with Crippen LogP contribution in [0.5, 0.6) is 11.6 Å². The molecule has 1 saturated heterocycles. The highest BCUT2D eigenvalue weighted by molar-refractivity contribution is 6.01. The molecule has 7 heteroatoms. The van der Waals surface area contributed by atoms with E-state index < -0.39 is 0 Å². The van der Waals surface area contributed by atoms with Crippen molar-refractivity contribution in [1.82, 2.24) is 10.3 Å². The number of rotatable bonds is 5. The van der Waals surface area contributed by atoms with E-state index in [9.17, 15) is 5.11 Å². The summed E-state index contributed by atoms with van der Waals surface area (Å²) in [7, 11) is 1.64. The maximum absolute atomic E-state index is 11.3. The third-order valence-electron chi connectivity index (χ3n) is 7.51. The summed E-state index contributed by atoms with van der Waals surface area (Å²) in [5.41, 5.74) is 4.33. The van der Waals surface area contributed by atoms with Gasteiger partial charge in [0.2, 0.25) is 0 Å². The van der Waals surface area contributed by atoms with Crippen molar-refractivity contribution in [3.63, 3.8) is 0 Å². The van der Waals surface area contributed by atoms with Crippen molar-refractivity contribution < 1.29 is 9.84 Å². The fourth-order valence-corrected chi connectivity index (χ4v) is 6.35. The zero-order valence-electron chi connectivity index (χ0n) is 23.1. The Hall–Kier alpha value is -4.10. The first-order valence-electron chi connectivity index (χ1n) is 13.4. The number of nitrogens with zero attached hydrogens (tertiary/aromatic N) is 2. The Kier molecular flexibility index (Phi) is 5.99. The van der Waals surface area contributed by atoms with Gasteiger partial charge < -0.3 is 25.5 Å². The summed E-state index contributed by atoms with van der Waals surface area (Å²) in [5, 5.41) is 21.2. The van der Waals surface area contributed by atoms with E-state index >= 15 is 0 Å². The van der Waals surface area contributed by atoms with Crippen LogP contribution in [0.25, 0.3) is 16.5 Å². The monoisotopic (exact) mass is 521 g/mol. The molecule has 1 fully saturated rings. The van der Waals surface area contributed by atoms with Gasteiger partial charge in [0.25, 0.3) is 0 Å². The molecule has 0 atom stereocenters. The molecule has 2 aliphatic rings. The zero-order chi connectivity index (χ0) is 27.4. The largest absolute Gasteiger partial charge is 0.497 e. The molecule has 0 unspecified atom stereocenters. The van der Waals surface area contributed by atoms with Crippen LogP contribution in [0.1, 0.15) is 51.7 Å². The smallest absolute Gasteiger partial charge is 0.197 e. The van der Waals surface area contributed by atoms with E-state index in [0.717, 1.165) is 57.0 Å². The number of hydrogen-bond donors (Lipinski definition) is 4. The summed E-state index contributed by atoms with van der Waals surface area (Å²) in [6.07, 6.45) is 2.02. The maximum atomic E-state index is 11.3. The Labute approximate surface area is 228 Å². The van der Waals surface area contributed by atoms with E-state index in [1.165, 1.54) is 0 Å². The highest BCUT2D eigenvalue weighted by atomic mass is 16.5. The number of anilines is 1. The van der Waals surface area contributed by atoms with Crippen molar-refractivity contribution in [2.45, 2.75) is 57.7 Å². The Morgan fingerprint density at radius 3 is 2.36 bits per heavy atom. The highest BCUT2D eigenvalue weighted by Gasteiger charge is 2.37. The number of piperidine rings is 1. The normalized spacial score (nSPS) is 19.2. The number of aromatic amines is 1. The molecule has 2 aliphatic heterocycles. The van der Waals surface area contributed by atoms with Gasteiger partial charge in [-0.3, -0.25) is 0 Å². The Bertz CT molecular complexity index is 1700. The van der Waals surface area contributed by atoms with Gasteiger partial charge in [-0.1, -0.05) is 30.3 Å². The fraction of sp³-hybridized carbons (Fsp3) is 0.312. The van der Waals surface area contributed by atoms with Crippen molar-refractivity contribution in [1.29, 1.82) is 0 Å². The number of fused-ring (bicyclic) bond motifs is 2. The standard InChI is InChI=1S/C32H35N5O2/c1-31(2)17-21(18-32(3,4)37-31)33-20-11-13-24-23(15-20)28(30(38)36-24)27(19-9-7-6-8-10-19)29-34-25-14-12-22(39-5)16-26(25)35-29/h6-16,21,33,36-38H,17-18H2,1-5H3. The summed E-state index contributed by atoms with van der Waals surface area (Å²) in [4.78, 5) is 12.9. The molecular weight excluding hydrogens is 486 g/mol. The van der Waals surface area contributed by atoms with Gasteiger partial charge in [-0.2, -0.15) is 0 Å². The van der Waals surface area contributed by atoms with Gasteiger partial charge in [0.05, 0.1) is 23.4 Å². The van der Waals surface area contributed by atoms with E-state index in [1.807, 2.05) is 54.6 Å². The minimum absolute atomic E-state index is 0.0368. The fourth-order valence-electron chi connectivity index (χ4n) is 6.35. The molecule has 0 spiro atoms. The molecule has 3 heterocycles. The molecule has 4 N–H and O–H groups in total. The Morgan fingerprint density at radius 1 is 0.923 bits per heavy atom. The number of nitrogens with one attached hydrogen (secondary N) is 3. The molecule has 200 valence electrons. The van der Waals surface area contributed by atoms with E-state index in [2.05, 4.69) is 55.4 Å². The van der Waals surface area contributed by atoms with Crippen LogP contribution < -0.4 is 26.1 Å². The first-order chi connectivity index (χ1) is 18.6. The summed E-state index contributed by atoms with van der Waals surface area (Å²) < 4.78 is 5.40. The van der Waals surface area contributed by atoms with Gasteiger partial charge in [-0.25, -0.2) is 9.98 Å². The molecule has 1 aromatic heterocycles. The molecule has 6 rings (SSSR count). The van der Waals surface area contributed by atoms with E-state index in [0.29, 0.717) is 17.4 Å². The van der Waals surface area contributed by atoms with Crippen LogP contribution in [0.15, 0.2) is 82.5 Å². The van der Waals surface area contributed by atoms with Crippen molar-refractivity contribution in [2.24, 2.45) is 9.98 Å². The average molecular weight is 522 g/mol. The summed E-state index contributed by atoms with van der Waals surface area (Å²) >= 11 is 0. The van der Waals surface area contributed by atoms with Crippen LogP contribution in [-0.4, -0.2) is 34.3 Å². The molecule has 0 aliphatic carbocycles. The second-order valence-electron chi connectivity index (χ2n) is 11.9. The summed E-state index contributed by atoms with van der Waals surface area (Å²) in [6.45, 7) is 9.03. The topological polar surface area (TPSA) is 94.0 Å². The van der Waals surface area contributed by atoms with Crippen LogP contribution >= 0.6 is 0 Å². The van der Waals surface area contributed by atoms with Gasteiger partial charge >= 0.3 is 0 Å². The third kappa shape index (κ3) is 4.90. The number of ether oxygens (including phenoxy) is 1. The van der Waals surface area contributed by atoms with Gasteiger partial charge in [0.1, 0.15) is 5.75 Å². The lowest BCUT2D eigenvalue weighted by Crippen LogP contribution is -2.60. The second-order valence-corrected chi connectivity index (χ2v) is 11.9. The average Bonchev–Trinajstić information content (AvgIpc) is 3.43. The molecule has 39 heavy (non-hydrogen) atoms. The molecule has 0 bridgehead atoms. The molecule has 4 aromatic rings. The van der Waals surface area contributed by atoms with E-state index in [4.69, 9.17) is 14.7 Å². The molecule has 0 amide bonds. The number of aromatic hydroxyl groups is 1. The summed E-state index contributed by atoms with van der Waals surface area (Å²) in [5.74, 6) is 1.38. The SMILES string of the molecule is COc1ccc2c(c1)=NC(=C(c1ccccc1)c1c(O)[nH]c3ccc(NC4CC(C)(C)NC(C)(C)C4)cc13)N=2. The van der Waals surface area contributed by atoms with Crippen molar-refractivity contribution >= 4 is 22.2 Å². The maximum Gasteiger partial charge on any atom is 0.197 e. The van der Waals surface area contributed by atoms with Crippen LogP contribution in [0, 0.1) is 0 Å². The molecule has 7 nitrogen and oxygen atoms in total. The van der Waals surface area contributed by atoms with Gasteiger partial charge in [0, 0.05) is 45.3 Å². The molecule has 0 saturated carbocycles. The molecule has 0 radical (unpaired) electrons. The van der Waals surface area contributed by atoms with Crippen LogP contribution in [-0.2, 0) is 0 Å². The van der Waals surface area contributed by atoms with Crippen molar-refractivity contribution in [3.8, 4) is 11.6 Å². The number of H-pyrrole nitrogens is 1. The lowest BCUT2D eigenvalue weighted by Gasteiger charge is -2.47. The number of aromatic nitrogens is 1. The number of hydrogen-bond acceptors (Lipinski definition) is 6. The lowest BCUT2D eigenvalue weighted by atomic mass is 9.79. The van der Waals surface area contributed by atoms with Gasteiger partial charge in [-0.15, -0.1) is 0 Å². The Morgan fingerprint density at radius 2 is 1.64 bits per heavy atom. The van der Waals surface area contributed by atoms with Crippen molar-refractivity contribution in [2.75, 3.05) is 12.4 Å². The molecule has 3 aromatic carbocycles. The first kappa shape index (κ1) is 25.2. The lowest BCUT2D eigenvalue weighted by molar-refractivity contribution is 0.170. The number of methoxy groups -OCH3 is 1. The first-order valence-corrected chi connectivity index (χ1v) is 13.4. The van der Waals surface area contributed by atoms with Gasteiger partial charge in [-0.05, 0) is 76.4 Å². The highest BCUT2D eigenvalue weighted by Crippen LogP contribution is 2.40. The predicted molar refractivity (Wildman–Crippen MR) is 156 cm³/mol. The van der Waals surface area contributed by atoms with Crippen molar-refractivity contribution in [3.05, 3.63) is 94.4 Å². The third-order valence-corrected chi connectivity index (χ3v) is 7.51. The predicted octanol–water partition coefficient (Wildman–Crippen LogP) is 5.27. The molecular formula is C32H35N5O2. The van der Waals surface area contributed by atoms with Gasteiger partial charge in [0.15, 0.2) is 11.7 Å². The van der Waals surface area contributed by atoms with E-state index in [1.54, 1.807) is 7.11 Å². The second kappa shape index (κ2) is 9.27. The number of benzene rings is 3. The minimum Gasteiger partial charge on any atom is -0.497 e. The Balaban J connectivity index is 1.49. The van der Waals surface area contributed by atoms with Crippen LogP contribution in [0.2, 0.25) is 0 Å². The minimum atomic E-state index is 0.0368.